The van der Waals surface area contributed by atoms with Gasteiger partial charge in [0.1, 0.15) is 0 Å². The van der Waals surface area contributed by atoms with E-state index in [9.17, 15) is 8.42 Å². The Kier molecular flexibility index (Phi) is 9.18. The molecule has 0 aliphatic carbocycles. The van der Waals surface area contributed by atoms with Gasteiger partial charge in [0.05, 0.1) is 11.5 Å². The van der Waals surface area contributed by atoms with Crippen molar-refractivity contribution < 1.29 is 8.42 Å². The average Bonchev–Trinajstić information content (AvgIpc) is 2.85. The van der Waals surface area contributed by atoms with Crippen LogP contribution in [0.2, 0.25) is 5.02 Å². The van der Waals surface area contributed by atoms with E-state index in [1.807, 2.05) is 24.5 Å². The molecule has 1 saturated heterocycles. The van der Waals surface area contributed by atoms with Crippen molar-refractivity contribution in [1.29, 1.82) is 0 Å². The second-order valence-electron chi connectivity index (χ2n) is 5.48. The summed E-state index contributed by atoms with van der Waals surface area (Å²) in [5, 5.41) is 7.42. The van der Waals surface area contributed by atoms with Gasteiger partial charge in [-0.25, -0.2) is 8.42 Å². The van der Waals surface area contributed by atoms with Crippen LogP contribution >= 0.6 is 47.3 Å². The van der Waals surface area contributed by atoms with Crippen molar-refractivity contribution in [3.63, 3.8) is 0 Å². The summed E-state index contributed by atoms with van der Waals surface area (Å²) in [6, 6.07) is 7.75. The van der Waals surface area contributed by atoms with Crippen LogP contribution in [0.25, 0.3) is 0 Å². The first-order valence-corrected chi connectivity index (χ1v) is 10.9. The van der Waals surface area contributed by atoms with E-state index >= 15 is 0 Å². The third-order valence-electron chi connectivity index (χ3n) is 3.76. The van der Waals surface area contributed by atoms with Crippen LogP contribution in [0.3, 0.4) is 0 Å². The van der Waals surface area contributed by atoms with Crippen LogP contribution in [0.4, 0.5) is 0 Å². The number of halogens is 2. The van der Waals surface area contributed by atoms with Crippen molar-refractivity contribution in [2.24, 2.45) is 4.99 Å². The van der Waals surface area contributed by atoms with Crippen molar-refractivity contribution >= 4 is 63.1 Å². The quantitative estimate of drug-likeness (QED) is 0.367. The lowest BCUT2D eigenvalue weighted by molar-refractivity contribution is 0.599. The third kappa shape index (κ3) is 6.61. The molecule has 2 rings (SSSR count). The highest BCUT2D eigenvalue weighted by atomic mass is 127. The summed E-state index contributed by atoms with van der Waals surface area (Å²) in [6.45, 7) is 0.681. The minimum atomic E-state index is -2.90. The Balaban J connectivity index is 0.00000288. The molecule has 1 aromatic carbocycles. The highest BCUT2D eigenvalue weighted by Gasteiger charge is 2.28. The fourth-order valence-electron chi connectivity index (χ4n) is 2.53. The van der Waals surface area contributed by atoms with Gasteiger partial charge in [-0.05, 0) is 30.4 Å². The van der Waals surface area contributed by atoms with Gasteiger partial charge in [-0.15, -0.1) is 24.0 Å². The van der Waals surface area contributed by atoms with E-state index in [1.54, 1.807) is 18.8 Å². The van der Waals surface area contributed by atoms with Gasteiger partial charge < -0.3 is 10.6 Å². The molecular formula is C15H23ClIN3O2S2. The van der Waals surface area contributed by atoms with E-state index in [4.69, 9.17) is 11.6 Å². The summed E-state index contributed by atoms with van der Waals surface area (Å²) in [6.07, 6.45) is 2.68. The summed E-state index contributed by atoms with van der Waals surface area (Å²) in [5.74, 6) is 1.05. The first kappa shape index (κ1) is 21.9. The molecule has 9 heteroatoms. The SMILES string of the molecule is CN=C(NCC(SC)c1cccc(Cl)c1)NC1CCS(=O)(=O)C1.I. The van der Waals surface area contributed by atoms with Crippen LogP contribution in [-0.2, 0) is 9.84 Å². The summed E-state index contributed by atoms with van der Waals surface area (Å²) in [4.78, 5) is 4.18. The summed E-state index contributed by atoms with van der Waals surface area (Å²) >= 11 is 7.78. The second kappa shape index (κ2) is 10.1. The number of sulfone groups is 1. The molecule has 1 aliphatic heterocycles. The minimum absolute atomic E-state index is 0. The first-order valence-electron chi connectivity index (χ1n) is 7.39. The number of guanidine groups is 1. The molecule has 0 aromatic heterocycles. The zero-order chi connectivity index (χ0) is 16.9. The fourth-order valence-corrected chi connectivity index (χ4v) is 5.07. The molecule has 24 heavy (non-hydrogen) atoms. The van der Waals surface area contributed by atoms with Crippen LogP contribution in [-0.4, -0.2) is 51.8 Å². The molecule has 0 amide bonds. The van der Waals surface area contributed by atoms with Crippen molar-refractivity contribution in [3.8, 4) is 0 Å². The topological polar surface area (TPSA) is 70.6 Å². The molecule has 1 fully saturated rings. The number of aliphatic imine (C=N–C) groups is 1. The van der Waals surface area contributed by atoms with E-state index in [0.29, 0.717) is 18.9 Å². The summed E-state index contributed by atoms with van der Waals surface area (Å²) in [5.41, 5.74) is 1.15. The lowest BCUT2D eigenvalue weighted by Gasteiger charge is -2.20. The summed E-state index contributed by atoms with van der Waals surface area (Å²) in [7, 11) is -1.21. The number of hydrogen-bond acceptors (Lipinski definition) is 4. The third-order valence-corrected chi connectivity index (χ3v) is 6.77. The van der Waals surface area contributed by atoms with Gasteiger partial charge in [0.15, 0.2) is 15.8 Å². The fraction of sp³-hybridized carbons (Fsp3) is 0.533. The Morgan fingerprint density at radius 2 is 2.25 bits per heavy atom. The standard InChI is InChI=1S/C15H22ClN3O2S2.HI/c1-17-15(19-13-6-7-23(20,21)10-13)18-9-14(22-2)11-4-3-5-12(16)8-11;/h3-5,8,13-14H,6-7,9-10H2,1-2H3,(H2,17,18,19);1H. The predicted octanol–water partition coefficient (Wildman–Crippen LogP) is 2.71. The number of thioether (sulfide) groups is 1. The van der Waals surface area contributed by atoms with Crippen molar-refractivity contribution in [3.05, 3.63) is 34.9 Å². The van der Waals surface area contributed by atoms with Crippen LogP contribution in [0.1, 0.15) is 17.2 Å². The molecule has 1 aromatic rings. The minimum Gasteiger partial charge on any atom is -0.355 e. The highest BCUT2D eigenvalue weighted by molar-refractivity contribution is 14.0. The molecule has 2 N–H and O–H groups in total. The van der Waals surface area contributed by atoms with Gasteiger partial charge in [-0.1, -0.05) is 23.7 Å². The van der Waals surface area contributed by atoms with Crippen molar-refractivity contribution in [1.82, 2.24) is 10.6 Å². The molecule has 0 radical (unpaired) electrons. The zero-order valence-corrected chi connectivity index (χ0v) is 18.4. The van der Waals surface area contributed by atoms with Crippen molar-refractivity contribution in [2.75, 3.05) is 31.4 Å². The lowest BCUT2D eigenvalue weighted by atomic mass is 10.1. The van der Waals surface area contributed by atoms with E-state index in [1.165, 1.54) is 0 Å². The number of benzene rings is 1. The van der Waals surface area contributed by atoms with Gasteiger partial charge >= 0.3 is 0 Å². The molecule has 0 saturated carbocycles. The van der Waals surface area contributed by atoms with Crippen LogP contribution in [0.15, 0.2) is 29.3 Å². The van der Waals surface area contributed by atoms with E-state index in [0.717, 1.165) is 10.6 Å². The Morgan fingerprint density at radius 3 is 2.79 bits per heavy atom. The van der Waals surface area contributed by atoms with E-state index in [-0.39, 0.29) is 46.8 Å². The van der Waals surface area contributed by atoms with Gasteiger partial charge in [-0.2, -0.15) is 11.8 Å². The Labute approximate surface area is 170 Å². The van der Waals surface area contributed by atoms with Crippen LogP contribution in [0.5, 0.6) is 0 Å². The predicted molar refractivity (Wildman–Crippen MR) is 115 cm³/mol. The maximum atomic E-state index is 11.5. The zero-order valence-electron chi connectivity index (χ0n) is 13.7. The normalized spacial score (nSPS) is 21.0. The van der Waals surface area contributed by atoms with Gasteiger partial charge in [-0.3, -0.25) is 4.99 Å². The molecular weight excluding hydrogens is 481 g/mol. The van der Waals surface area contributed by atoms with Gasteiger partial charge in [0.2, 0.25) is 0 Å². The lowest BCUT2D eigenvalue weighted by Crippen LogP contribution is -2.44. The van der Waals surface area contributed by atoms with Gasteiger partial charge in [0, 0.05) is 29.9 Å². The molecule has 1 aliphatic rings. The Bertz CT molecular complexity index is 670. The Morgan fingerprint density at radius 1 is 1.50 bits per heavy atom. The number of nitrogens with one attached hydrogen (secondary N) is 2. The van der Waals surface area contributed by atoms with Crippen LogP contribution < -0.4 is 10.6 Å². The van der Waals surface area contributed by atoms with Crippen molar-refractivity contribution in [2.45, 2.75) is 17.7 Å². The molecule has 1 heterocycles. The van der Waals surface area contributed by atoms with E-state index in [2.05, 4.69) is 21.7 Å². The molecule has 0 spiro atoms. The first-order chi connectivity index (χ1) is 10.9. The molecule has 2 unspecified atom stereocenters. The number of rotatable bonds is 5. The summed E-state index contributed by atoms with van der Waals surface area (Å²) < 4.78 is 23.0. The van der Waals surface area contributed by atoms with Gasteiger partial charge in [0.25, 0.3) is 0 Å². The highest BCUT2D eigenvalue weighted by Crippen LogP contribution is 2.27. The molecule has 5 nitrogen and oxygen atoms in total. The number of nitrogens with zero attached hydrogens (tertiary/aromatic N) is 1. The smallest absolute Gasteiger partial charge is 0.191 e. The van der Waals surface area contributed by atoms with E-state index < -0.39 is 9.84 Å². The monoisotopic (exact) mass is 503 g/mol. The molecule has 0 bridgehead atoms. The molecule has 136 valence electrons. The maximum Gasteiger partial charge on any atom is 0.191 e. The average molecular weight is 504 g/mol. The second-order valence-corrected chi connectivity index (χ2v) is 9.18. The largest absolute Gasteiger partial charge is 0.355 e. The maximum absolute atomic E-state index is 11.5. The van der Waals surface area contributed by atoms with Crippen LogP contribution in [0, 0.1) is 0 Å². The Hall–Kier alpha value is -0.190. The molecule has 2 atom stereocenters. The number of hydrogen-bond donors (Lipinski definition) is 2.